The highest BCUT2D eigenvalue weighted by molar-refractivity contribution is 5.96. The first-order valence-corrected chi connectivity index (χ1v) is 16.7. The van der Waals surface area contributed by atoms with Crippen LogP contribution in [0.1, 0.15) is 22.3 Å². The highest BCUT2D eigenvalue weighted by atomic mass is 15.0. The number of nitrogens with zero attached hydrogens (tertiary/aromatic N) is 3. The molecule has 0 radical (unpaired) electrons. The van der Waals surface area contributed by atoms with Gasteiger partial charge in [-0.05, 0) is 67.8 Å². The fourth-order valence-electron chi connectivity index (χ4n) is 8.05. The lowest BCUT2D eigenvalue weighted by molar-refractivity contribution is 0.794. The van der Waals surface area contributed by atoms with Crippen LogP contribution in [0.15, 0.2) is 176 Å². The van der Waals surface area contributed by atoms with Gasteiger partial charge in [0.2, 0.25) is 0 Å². The molecule has 0 saturated carbocycles. The Morgan fingerprint density at radius 3 is 1.18 bits per heavy atom. The van der Waals surface area contributed by atoms with Gasteiger partial charge in [-0.25, -0.2) is 15.0 Å². The van der Waals surface area contributed by atoms with Crippen molar-refractivity contribution in [2.75, 3.05) is 0 Å². The van der Waals surface area contributed by atoms with E-state index in [4.69, 9.17) is 15.0 Å². The van der Waals surface area contributed by atoms with E-state index in [9.17, 15) is 0 Å². The number of benzene rings is 7. The molecule has 1 heterocycles. The van der Waals surface area contributed by atoms with Gasteiger partial charge in [0.25, 0.3) is 0 Å². The van der Waals surface area contributed by atoms with E-state index in [-0.39, 0.29) is 5.41 Å². The normalized spacial score (nSPS) is 13.1. The molecule has 228 valence electrons. The van der Waals surface area contributed by atoms with Gasteiger partial charge in [-0.15, -0.1) is 0 Å². The van der Waals surface area contributed by atoms with E-state index < -0.39 is 0 Å². The Morgan fingerprint density at radius 1 is 0.265 bits per heavy atom. The molecule has 0 saturated heterocycles. The van der Waals surface area contributed by atoms with E-state index in [1.54, 1.807) is 0 Å². The molecule has 1 spiro atoms. The van der Waals surface area contributed by atoms with E-state index in [1.807, 2.05) is 60.7 Å². The Labute approximate surface area is 285 Å². The molecule has 2 aliphatic rings. The largest absolute Gasteiger partial charge is 0.208 e. The molecule has 3 nitrogen and oxygen atoms in total. The molecule has 2 aliphatic carbocycles. The Morgan fingerprint density at radius 2 is 0.653 bits per heavy atom. The summed E-state index contributed by atoms with van der Waals surface area (Å²) >= 11 is 0. The van der Waals surface area contributed by atoms with Gasteiger partial charge in [-0.1, -0.05) is 164 Å². The van der Waals surface area contributed by atoms with Crippen molar-refractivity contribution in [1.82, 2.24) is 15.0 Å². The molecule has 49 heavy (non-hydrogen) atoms. The Balaban J connectivity index is 1.15. The van der Waals surface area contributed by atoms with Crippen molar-refractivity contribution in [2.24, 2.45) is 0 Å². The summed E-state index contributed by atoms with van der Waals surface area (Å²) in [5.74, 6) is 1.97. The molecule has 0 unspecified atom stereocenters. The van der Waals surface area contributed by atoms with Gasteiger partial charge >= 0.3 is 0 Å². The maximum absolute atomic E-state index is 5.00. The van der Waals surface area contributed by atoms with Crippen LogP contribution < -0.4 is 0 Å². The van der Waals surface area contributed by atoms with Crippen LogP contribution in [0.2, 0.25) is 0 Å². The summed E-state index contributed by atoms with van der Waals surface area (Å²) in [6.07, 6.45) is 0. The zero-order chi connectivity index (χ0) is 32.4. The molecule has 0 N–H and O–H groups in total. The minimum atomic E-state index is -0.379. The van der Waals surface area contributed by atoms with Crippen molar-refractivity contribution < 1.29 is 0 Å². The van der Waals surface area contributed by atoms with E-state index >= 15 is 0 Å². The Bertz CT molecular complexity index is 2430. The molecule has 3 heteroatoms. The predicted octanol–water partition coefficient (Wildman–Crippen LogP) is 10.9. The number of rotatable bonds is 4. The monoisotopic (exact) mass is 623 g/mol. The average Bonchev–Trinajstić information content (AvgIpc) is 3.66. The van der Waals surface area contributed by atoms with Gasteiger partial charge in [-0.3, -0.25) is 0 Å². The molecule has 0 amide bonds. The van der Waals surface area contributed by atoms with Crippen molar-refractivity contribution in [3.63, 3.8) is 0 Å². The van der Waals surface area contributed by atoms with Crippen LogP contribution in [0.25, 0.3) is 67.5 Å². The van der Waals surface area contributed by atoms with Gasteiger partial charge in [0, 0.05) is 16.7 Å². The van der Waals surface area contributed by atoms with Crippen LogP contribution in [-0.2, 0) is 5.41 Å². The fraction of sp³-hybridized carbons (Fsp3) is 0.0217. The van der Waals surface area contributed by atoms with Crippen LogP contribution in [0.5, 0.6) is 0 Å². The lowest BCUT2D eigenvalue weighted by Crippen LogP contribution is -2.25. The van der Waals surface area contributed by atoms with E-state index in [1.165, 1.54) is 44.5 Å². The van der Waals surface area contributed by atoms with Gasteiger partial charge in [0.15, 0.2) is 17.5 Å². The zero-order valence-electron chi connectivity index (χ0n) is 26.6. The summed E-state index contributed by atoms with van der Waals surface area (Å²) in [5.41, 5.74) is 15.4. The quantitative estimate of drug-likeness (QED) is 0.196. The third-order valence-corrected chi connectivity index (χ3v) is 10.2. The van der Waals surface area contributed by atoms with Crippen LogP contribution in [0.4, 0.5) is 0 Å². The molecule has 0 atom stereocenters. The Kier molecular flexibility index (Phi) is 6.09. The molecular weight excluding hydrogens is 595 g/mol. The maximum atomic E-state index is 5.00. The van der Waals surface area contributed by atoms with E-state index in [2.05, 4.69) is 115 Å². The number of fused-ring (bicyclic) bond motifs is 10. The molecular formula is C46H29N3. The molecule has 0 bridgehead atoms. The van der Waals surface area contributed by atoms with Crippen molar-refractivity contribution in [3.8, 4) is 67.5 Å². The summed E-state index contributed by atoms with van der Waals surface area (Å²) in [6, 6.07) is 62.7. The lowest BCUT2D eigenvalue weighted by atomic mass is 9.70. The van der Waals surface area contributed by atoms with Crippen molar-refractivity contribution in [2.45, 2.75) is 5.41 Å². The third kappa shape index (κ3) is 4.12. The van der Waals surface area contributed by atoms with E-state index in [0.29, 0.717) is 17.5 Å². The van der Waals surface area contributed by atoms with Crippen LogP contribution >= 0.6 is 0 Å². The minimum absolute atomic E-state index is 0.379. The summed E-state index contributed by atoms with van der Waals surface area (Å²) in [6.45, 7) is 0. The highest BCUT2D eigenvalue weighted by Gasteiger charge is 2.51. The molecule has 0 aliphatic heterocycles. The fourth-order valence-corrected chi connectivity index (χ4v) is 8.05. The van der Waals surface area contributed by atoms with Gasteiger partial charge in [0.05, 0.1) is 5.41 Å². The summed E-state index contributed by atoms with van der Waals surface area (Å²) in [4.78, 5) is 14.9. The van der Waals surface area contributed by atoms with Crippen molar-refractivity contribution in [1.29, 1.82) is 0 Å². The van der Waals surface area contributed by atoms with Crippen molar-refractivity contribution in [3.05, 3.63) is 198 Å². The van der Waals surface area contributed by atoms with Gasteiger partial charge in [-0.2, -0.15) is 0 Å². The molecule has 1 aromatic heterocycles. The standard InChI is InChI=1S/C46H29N3/c1-3-14-30(15-4-1)43-47-44(31-16-5-2-6-17-31)49-45(48-43)34-19-13-18-32(28-34)33-26-27-38-37-22-9-12-25-41(37)46(42(38)29-33)39-23-10-7-20-35(39)36-21-8-11-24-40(36)46/h1-29H. The zero-order valence-corrected chi connectivity index (χ0v) is 26.6. The maximum Gasteiger partial charge on any atom is 0.164 e. The van der Waals surface area contributed by atoms with Crippen molar-refractivity contribution >= 4 is 0 Å². The molecule has 7 aromatic carbocycles. The predicted molar refractivity (Wildman–Crippen MR) is 198 cm³/mol. The highest BCUT2D eigenvalue weighted by Crippen LogP contribution is 2.63. The molecule has 8 aromatic rings. The average molecular weight is 624 g/mol. The number of hydrogen-bond donors (Lipinski definition) is 0. The summed E-state index contributed by atoms with van der Waals surface area (Å²) in [7, 11) is 0. The van der Waals surface area contributed by atoms with E-state index in [0.717, 1.165) is 27.8 Å². The van der Waals surface area contributed by atoms with Crippen LogP contribution in [0, 0.1) is 0 Å². The summed E-state index contributed by atoms with van der Waals surface area (Å²) in [5, 5.41) is 0. The minimum Gasteiger partial charge on any atom is -0.208 e. The summed E-state index contributed by atoms with van der Waals surface area (Å²) < 4.78 is 0. The SMILES string of the molecule is c1ccc(-c2nc(-c3ccccc3)nc(-c3cccc(-c4ccc5c(c4)C4(c6ccccc6-c6ccccc64)c4ccccc4-5)c3)n2)cc1. The Hall–Kier alpha value is -6.45. The van der Waals surface area contributed by atoms with Gasteiger partial charge < -0.3 is 0 Å². The van der Waals surface area contributed by atoms with Crippen LogP contribution in [-0.4, -0.2) is 15.0 Å². The third-order valence-electron chi connectivity index (χ3n) is 10.2. The second kappa shape index (κ2) is 10.8. The van der Waals surface area contributed by atoms with Crippen LogP contribution in [0.3, 0.4) is 0 Å². The first kappa shape index (κ1) is 27.6. The first-order chi connectivity index (χ1) is 24.3. The topological polar surface area (TPSA) is 38.7 Å². The number of aromatic nitrogens is 3. The molecule has 0 fully saturated rings. The molecule has 10 rings (SSSR count). The lowest BCUT2D eigenvalue weighted by Gasteiger charge is -2.30. The van der Waals surface area contributed by atoms with Gasteiger partial charge in [0.1, 0.15) is 0 Å². The number of hydrogen-bond acceptors (Lipinski definition) is 3. The second-order valence-corrected chi connectivity index (χ2v) is 12.8. The smallest absolute Gasteiger partial charge is 0.164 e. The second-order valence-electron chi connectivity index (χ2n) is 12.8. The first-order valence-electron chi connectivity index (χ1n) is 16.7.